The van der Waals surface area contributed by atoms with Crippen LogP contribution in [0.1, 0.15) is 101 Å². The first-order valence-electron chi connectivity index (χ1n) is 11.6. The van der Waals surface area contributed by atoms with Gasteiger partial charge in [0.05, 0.1) is 6.33 Å². The van der Waals surface area contributed by atoms with Crippen molar-refractivity contribution in [3.63, 3.8) is 0 Å². The van der Waals surface area contributed by atoms with E-state index in [9.17, 15) is 4.39 Å². The molecule has 2 aliphatic carbocycles. The molecular weight excluding hydrogens is 331 g/mol. The van der Waals surface area contributed by atoms with E-state index in [1.54, 1.807) is 11.6 Å². The lowest BCUT2D eigenvalue weighted by Crippen LogP contribution is -2.17. The van der Waals surface area contributed by atoms with Gasteiger partial charge in [-0.15, -0.1) is 0 Å². The van der Waals surface area contributed by atoms with Crippen molar-refractivity contribution in [2.45, 2.75) is 96.3 Å². The highest BCUT2D eigenvalue weighted by Crippen LogP contribution is 2.40. The van der Waals surface area contributed by atoms with Gasteiger partial charge in [-0.05, 0) is 79.7 Å². The lowest BCUT2D eigenvalue weighted by molar-refractivity contribution is 0.225. The third-order valence-corrected chi connectivity index (χ3v) is 7.49. The van der Waals surface area contributed by atoms with Crippen molar-refractivity contribution in [3.8, 4) is 0 Å². The highest BCUT2D eigenvalue weighted by atomic mass is 19.1. The summed E-state index contributed by atoms with van der Waals surface area (Å²) < 4.78 is 12.1. The molecule has 1 aromatic carbocycles. The Kier molecular flexibility index (Phi) is 8.42. The summed E-state index contributed by atoms with van der Waals surface area (Å²) in [6.07, 6.45) is 19.8. The van der Waals surface area contributed by atoms with Crippen LogP contribution in [0.15, 0.2) is 36.7 Å². The second kappa shape index (κ2) is 11.0. The predicted molar refractivity (Wildman–Crippen MR) is 115 cm³/mol. The Labute approximate surface area is 166 Å². The molecule has 0 aromatic heterocycles. The molecule has 0 spiro atoms. The molecule has 27 heavy (non-hydrogen) atoms. The maximum absolute atomic E-state index is 12.1. The summed E-state index contributed by atoms with van der Waals surface area (Å²) in [6, 6.07) is 9.41. The second-order valence-corrected chi connectivity index (χ2v) is 9.22. The Balaban J connectivity index is 1.32. The molecule has 150 valence electrons. The summed E-state index contributed by atoms with van der Waals surface area (Å²) in [5.41, 5.74) is 3.03. The summed E-state index contributed by atoms with van der Waals surface area (Å²) in [6.45, 7) is 2.23. The van der Waals surface area contributed by atoms with Crippen molar-refractivity contribution >= 4 is 0 Å². The number of allylic oxidation sites excluding steroid dienone is 1. The lowest BCUT2D eigenvalue weighted by atomic mass is 9.74. The number of benzene rings is 1. The molecule has 0 saturated heterocycles. The predicted octanol–water partition coefficient (Wildman–Crippen LogP) is 8.37. The van der Waals surface area contributed by atoms with E-state index >= 15 is 0 Å². The van der Waals surface area contributed by atoms with Crippen molar-refractivity contribution in [1.82, 2.24) is 0 Å². The maximum atomic E-state index is 12.1. The number of hydrogen-bond donors (Lipinski definition) is 0. The average Bonchev–Trinajstić information content (AvgIpc) is 2.74. The van der Waals surface area contributed by atoms with E-state index in [0.29, 0.717) is 6.33 Å². The second-order valence-electron chi connectivity index (χ2n) is 9.22. The van der Waals surface area contributed by atoms with Gasteiger partial charge in [-0.25, -0.2) is 4.39 Å². The standard InChI is InChI=1S/C26H39F/c1-2-21-12-16-25(17-13-21)26-18-14-24(15-19-26)11-10-23-8-6-22(7-9-23)5-3-4-20-27/h4,12-13,16-17,20,22-24,26H,2-3,5-11,14-15,18-19H2,1H3. The molecule has 3 rings (SSSR count). The summed E-state index contributed by atoms with van der Waals surface area (Å²) in [5, 5.41) is 0. The first-order valence-corrected chi connectivity index (χ1v) is 11.6. The monoisotopic (exact) mass is 370 g/mol. The molecule has 0 bridgehead atoms. The molecule has 0 heterocycles. The van der Waals surface area contributed by atoms with E-state index in [1.807, 2.05) is 0 Å². The van der Waals surface area contributed by atoms with Crippen LogP contribution in [-0.4, -0.2) is 0 Å². The molecule has 0 amide bonds. The fourth-order valence-electron chi connectivity index (χ4n) is 5.49. The normalized spacial score (nSPS) is 29.3. The Hall–Kier alpha value is -1.11. The van der Waals surface area contributed by atoms with Crippen molar-refractivity contribution in [1.29, 1.82) is 0 Å². The van der Waals surface area contributed by atoms with Crippen LogP contribution < -0.4 is 0 Å². The zero-order chi connectivity index (χ0) is 18.9. The summed E-state index contributed by atoms with van der Waals surface area (Å²) in [5.74, 6) is 3.61. The van der Waals surface area contributed by atoms with Crippen LogP contribution in [-0.2, 0) is 6.42 Å². The Morgan fingerprint density at radius 2 is 1.30 bits per heavy atom. The van der Waals surface area contributed by atoms with Gasteiger partial charge in [0.15, 0.2) is 0 Å². The summed E-state index contributed by atoms with van der Waals surface area (Å²) >= 11 is 0. The Bertz CT molecular complexity index is 542. The van der Waals surface area contributed by atoms with E-state index in [-0.39, 0.29) is 0 Å². The van der Waals surface area contributed by atoms with Gasteiger partial charge in [0.25, 0.3) is 0 Å². The van der Waals surface area contributed by atoms with Crippen molar-refractivity contribution < 1.29 is 4.39 Å². The summed E-state index contributed by atoms with van der Waals surface area (Å²) in [4.78, 5) is 0. The zero-order valence-electron chi connectivity index (χ0n) is 17.3. The van der Waals surface area contributed by atoms with Crippen molar-refractivity contribution in [2.24, 2.45) is 17.8 Å². The minimum atomic E-state index is 0.709. The molecule has 1 heteroatoms. The fraction of sp³-hybridized carbons (Fsp3) is 0.692. The van der Waals surface area contributed by atoms with E-state index in [2.05, 4.69) is 31.2 Å². The third kappa shape index (κ3) is 6.47. The molecule has 0 aliphatic heterocycles. The van der Waals surface area contributed by atoms with Crippen LogP contribution in [0.3, 0.4) is 0 Å². The van der Waals surface area contributed by atoms with Gasteiger partial charge >= 0.3 is 0 Å². The molecular formula is C26H39F. The molecule has 1 aromatic rings. The molecule has 2 aliphatic rings. The molecule has 0 radical (unpaired) electrons. The Morgan fingerprint density at radius 1 is 0.778 bits per heavy atom. The van der Waals surface area contributed by atoms with Gasteiger partial charge < -0.3 is 0 Å². The number of aryl methyl sites for hydroxylation is 1. The van der Waals surface area contributed by atoms with E-state index in [4.69, 9.17) is 0 Å². The topological polar surface area (TPSA) is 0 Å². The highest BCUT2D eigenvalue weighted by Gasteiger charge is 2.25. The molecule has 0 atom stereocenters. The number of rotatable bonds is 8. The van der Waals surface area contributed by atoms with Crippen LogP contribution in [0.5, 0.6) is 0 Å². The molecule has 0 unspecified atom stereocenters. The largest absolute Gasteiger partial charge is 0.216 e. The zero-order valence-corrected chi connectivity index (χ0v) is 17.3. The smallest absolute Gasteiger partial charge is 0.0827 e. The van der Waals surface area contributed by atoms with Gasteiger partial charge in [-0.1, -0.05) is 75.8 Å². The molecule has 0 nitrogen and oxygen atoms in total. The van der Waals surface area contributed by atoms with E-state index < -0.39 is 0 Å². The van der Waals surface area contributed by atoms with E-state index in [0.717, 1.165) is 36.5 Å². The number of hydrogen-bond acceptors (Lipinski definition) is 0. The maximum Gasteiger partial charge on any atom is 0.0827 e. The minimum Gasteiger partial charge on any atom is -0.216 e. The third-order valence-electron chi connectivity index (χ3n) is 7.49. The van der Waals surface area contributed by atoms with Crippen LogP contribution in [0.4, 0.5) is 4.39 Å². The van der Waals surface area contributed by atoms with Gasteiger partial charge in [-0.3, -0.25) is 0 Å². The van der Waals surface area contributed by atoms with Crippen LogP contribution in [0, 0.1) is 17.8 Å². The lowest BCUT2D eigenvalue weighted by Gasteiger charge is -2.32. The minimum absolute atomic E-state index is 0.709. The summed E-state index contributed by atoms with van der Waals surface area (Å²) in [7, 11) is 0. The first kappa shape index (κ1) is 20.6. The van der Waals surface area contributed by atoms with Crippen molar-refractivity contribution in [3.05, 3.63) is 47.8 Å². The van der Waals surface area contributed by atoms with Crippen LogP contribution in [0.25, 0.3) is 0 Å². The molecule has 0 N–H and O–H groups in total. The van der Waals surface area contributed by atoms with Gasteiger partial charge in [0, 0.05) is 0 Å². The first-order chi connectivity index (χ1) is 13.3. The number of halogens is 1. The van der Waals surface area contributed by atoms with E-state index in [1.165, 1.54) is 76.2 Å². The SMILES string of the molecule is CCc1ccc(C2CCC(CCC3CCC(CCC=CF)CC3)CC2)cc1. The average molecular weight is 371 g/mol. The quantitative estimate of drug-likeness (QED) is 0.431. The van der Waals surface area contributed by atoms with Gasteiger partial charge in [-0.2, -0.15) is 0 Å². The van der Waals surface area contributed by atoms with Crippen molar-refractivity contribution in [2.75, 3.05) is 0 Å². The van der Waals surface area contributed by atoms with Crippen LogP contribution in [0.2, 0.25) is 0 Å². The van der Waals surface area contributed by atoms with Gasteiger partial charge in [0.2, 0.25) is 0 Å². The van der Waals surface area contributed by atoms with Crippen LogP contribution >= 0.6 is 0 Å². The highest BCUT2D eigenvalue weighted by molar-refractivity contribution is 5.25. The van der Waals surface area contributed by atoms with Gasteiger partial charge in [0.1, 0.15) is 0 Å². The fourth-order valence-corrected chi connectivity index (χ4v) is 5.49. The Morgan fingerprint density at radius 3 is 1.81 bits per heavy atom. The molecule has 2 saturated carbocycles. The molecule has 2 fully saturated rings.